The van der Waals surface area contributed by atoms with E-state index < -0.39 is 0 Å². The third-order valence-corrected chi connectivity index (χ3v) is 6.02. The van der Waals surface area contributed by atoms with Gasteiger partial charge in [0.05, 0.1) is 34.7 Å². The summed E-state index contributed by atoms with van der Waals surface area (Å²) < 4.78 is 5.07. The Bertz CT molecular complexity index is 1330. The minimum Gasteiger partial charge on any atom is -0.481 e. The average molecular weight is 525 g/mol. The normalized spacial score (nSPS) is 10.7. The zero-order valence-corrected chi connectivity index (χ0v) is 21.6. The molecule has 0 saturated carbocycles. The van der Waals surface area contributed by atoms with Gasteiger partial charge in [0.1, 0.15) is 0 Å². The largest absolute Gasteiger partial charge is 0.481 e. The minimum absolute atomic E-state index is 0.234. The van der Waals surface area contributed by atoms with Crippen molar-refractivity contribution in [3.8, 4) is 5.88 Å². The Labute approximate surface area is 219 Å². The molecule has 0 aliphatic carbocycles. The molecule has 4 aromatic rings. The summed E-state index contributed by atoms with van der Waals surface area (Å²) in [6.07, 6.45) is 3.15. The van der Waals surface area contributed by atoms with Crippen LogP contribution in [0, 0.1) is 0 Å². The van der Waals surface area contributed by atoms with Crippen LogP contribution in [-0.2, 0) is 12.8 Å². The highest BCUT2D eigenvalue weighted by atomic mass is 35.5. The molecule has 0 unspecified atom stereocenters. The molecule has 2 aromatic heterocycles. The number of amides is 1. The summed E-state index contributed by atoms with van der Waals surface area (Å²) in [5, 5.41) is 14.4. The van der Waals surface area contributed by atoms with Crippen LogP contribution in [0.4, 0.5) is 22.9 Å². The van der Waals surface area contributed by atoms with Gasteiger partial charge in [-0.15, -0.1) is 0 Å². The lowest BCUT2D eigenvalue weighted by atomic mass is 10.0. The maximum absolute atomic E-state index is 12.9. The fourth-order valence-electron chi connectivity index (χ4n) is 3.69. The quantitative estimate of drug-likeness (QED) is 0.249. The lowest BCUT2D eigenvalue weighted by molar-refractivity contribution is 0.102. The summed E-state index contributed by atoms with van der Waals surface area (Å²) in [7, 11) is 5.29. The lowest BCUT2D eigenvalue weighted by Gasteiger charge is -2.17. The second kappa shape index (κ2) is 11.3. The first-order valence-electron chi connectivity index (χ1n) is 11.2. The monoisotopic (exact) mass is 524 g/mol. The van der Waals surface area contributed by atoms with Crippen LogP contribution >= 0.6 is 23.2 Å². The van der Waals surface area contributed by atoms with Gasteiger partial charge < -0.3 is 20.3 Å². The number of rotatable bonds is 9. The molecule has 8 nitrogen and oxygen atoms in total. The van der Waals surface area contributed by atoms with Crippen molar-refractivity contribution in [2.24, 2.45) is 0 Å². The summed E-state index contributed by atoms with van der Waals surface area (Å²) in [6, 6.07) is 16.5. The highest BCUT2D eigenvalue weighted by molar-refractivity contribution is 6.39. The molecule has 2 heterocycles. The SMILES string of the molecule is COc1ccc(Nc2cc(CCc3cccc(C(=O)Nc4cc(Cl)c(N(C)C)c(Cl)c4)c3)[nH]n2)cn1. The lowest BCUT2D eigenvalue weighted by Crippen LogP contribution is -2.14. The van der Waals surface area contributed by atoms with Crippen LogP contribution < -0.4 is 20.3 Å². The molecule has 0 aliphatic rings. The van der Waals surface area contributed by atoms with Crippen molar-refractivity contribution >= 4 is 52.0 Å². The summed E-state index contributed by atoms with van der Waals surface area (Å²) >= 11 is 12.7. The number of hydrogen-bond acceptors (Lipinski definition) is 6. The van der Waals surface area contributed by atoms with E-state index in [0.717, 1.165) is 29.8 Å². The number of pyridine rings is 1. The summed E-state index contributed by atoms with van der Waals surface area (Å²) in [6.45, 7) is 0. The number of carbonyl (C=O) groups is 1. The zero-order chi connectivity index (χ0) is 25.7. The van der Waals surface area contributed by atoms with Crippen LogP contribution in [0.5, 0.6) is 5.88 Å². The molecule has 0 atom stereocenters. The summed E-state index contributed by atoms with van der Waals surface area (Å²) in [5.41, 5.74) is 4.61. The third kappa shape index (κ3) is 6.27. The number of aromatic amines is 1. The molecule has 0 radical (unpaired) electrons. The average Bonchev–Trinajstić information content (AvgIpc) is 3.30. The Hall–Kier alpha value is -3.75. The van der Waals surface area contributed by atoms with E-state index >= 15 is 0 Å². The number of nitrogens with one attached hydrogen (secondary N) is 3. The van der Waals surface area contributed by atoms with E-state index in [-0.39, 0.29) is 5.91 Å². The number of aromatic nitrogens is 3. The number of halogens is 2. The number of carbonyl (C=O) groups excluding carboxylic acids is 1. The second-order valence-electron chi connectivity index (χ2n) is 8.33. The van der Waals surface area contributed by atoms with Crippen LogP contribution in [-0.4, -0.2) is 42.3 Å². The molecular weight excluding hydrogens is 499 g/mol. The predicted octanol–water partition coefficient (Wildman–Crippen LogP) is 5.97. The summed E-state index contributed by atoms with van der Waals surface area (Å²) in [4.78, 5) is 18.9. The van der Waals surface area contributed by atoms with Crippen molar-refractivity contribution in [3.63, 3.8) is 0 Å². The topological polar surface area (TPSA) is 95.2 Å². The highest BCUT2D eigenvalue weighted by Gasteiger charge is 2.13. The van der Waals surface area contributed by atoms with Gasteiger partial charge in [0.15, 0.2) is 5.82 Å². The first-order chi connectivity index (χ1) is 17.3. The van der Waals surface area contributed by atoms with Gasteiger partial charge in [0.2, 0.25) is 5.88 Å². The van der Waals surface area contributed by atoms with E-state index in [1.54, 1.807) is 37.6 Å². The highest BCUT2D eigenvalue weighted by Crippen LogP contribution is 2.35. The molecule has 4 rings (SSSR count). The van der Waals surface area contributed by atoms with Crippen LogP contribution in [0.25, 0.3) is 0 Å². The molecule has 0 fully saturated rings. The Morgan fingerprint density at radius 3 is 2.47 bits per heavy atom. The van der Waals surface area contributed by atoms with E-state index in [1.165, 1.54) is 0 Å². The molecule has 3 N–H and O–H groups in total. The van der Waals surface area contributed by atoms with E-state index in [2.05, 4.69) is 25.8 Å². The molecule has 1 amide bonds. The van der Waals surface area contributed by atoms with Crippen molar-refractivity contribution < 1.29 is 9.53 Å². The predicted molar refractivity (Wildman–Crippen MR) is 145 cm³/mol. The van der Waals surface area contributed by atoms with Gasteiger partial charge in [-0.2, -0.15) is 5.10 Å². The fourth-order valence-corrected chi connectivity index (χ4v) is 4.52. The van der Waals surface area contributed by atoms with Crippen molar-refractivity contribution in [2.75, 3.05) is 36.7 Å². The van der Waals surface area contributed by atoms with Gasteiger partial charge in [-0.1, -0.05) is 35.3 Å². The van der Waals surface area contributed by atoms with Gasteiger partial charge in [-0.25, -0.2) is 4.98 Å². The van der Waals surface area contributed by atoms with Crippen molar-refractivity contribution in [3.05, 3.63) is 87.7 Å². The van der Waals surface area contributed by atoms with Crippen molar-refractivity contribution in [2.45, 2.75) is 12.8 Å². The number of benzene rings is 2. The van der Waals surface area contributed by atoms with Crippen LogP contribution in [0.1, 0.15) is 21.6 Å². The maximum Gasteiger partial charge on any atom is 0.255 e. The molecule has 10 heteroatoms. The minimum atomic E-state index is -0.234. The second-order valence-corrected chi connectivity index (χ2v) is 9.14. The van der Waals surface area contributed by atoms with Crippen molar-refractivity contribution in [1.82, 2.24) is 15.2 Å². The molecule has 0 saturated heterocycles. The number of nitrogens with zero attached hydrogens (tertiary/aromatic N) is 3. The van der Waals surface area contributed by atoms with E-state index in [1.807, 2.05) is 49.3 Å². The Morgan fingerprint density at radius 2 is 1.81 bits per heavy atom. The number of methoxy groups -OCH3 is 1. The number of H-pyrrole nitrogens is 1. The van der Waals surface area contributed by atoms with Gasteiger partial charge in [-0.05, 0) is 48.7 Å². The molecular formula is C26H26Cl2N6O2. The number of anilines is 4. The van der Waals surface area contributed by atoms with Gasteiger partial charge in [0.25, 0.3) is 5.91 Å². The first kappa shape index (κ1) is 25.3. The molecule has 0 spiro atoms. The Morgan fingerprint density at radius 1 is 1.03 bits per heavy atom. The van der Waals surface area contributed by atoms with E-state index in [0.29, 0.717) is 38.7 Å². The Balaban J connectivity index is 1.36. The standard InChI is InChI=1S/C26H26Cl2N6O2/c1-34(2)25-21(27)12-20(13-22(25)28)31-26(35)17-6-4-5-16(11-17)7-8-18-14-23(33-32-18)30-19-9-10-24(36-3)29-15-19/h4-6,9-15H,7-8H2,1-3H3,(H,31,35)(H2,30,32,33). The van der Waals surface area contributed by atoms with Gasteiger partial charge in [-0.3, -0.25) is 9.89 Å². The fraction of sp³-hybridized carbons (Fsp3) is 0.192. The summed E-state index contributed by atoms with van der Waals surface area (Å²) in [5.74, 6) is 1.01. The van der Waals surface area contributed by atoms with Gasteiger partial charge in [0, 0.05) is 43.2 Å². The molecule has 0 aliphatic heterocycles. The zero-order valence-electron chi connectivity index (χ0n) is 20.1. The van der Waals surface area contributed by atoms with Crippen LogP contribution in [0.15, 0.2) is 60.8 Å². The number of hydrogen-bond donors (Lipinski definition) is 3. The Kier molecular flexibility index (Phi) is 7.97. The third-order valence-electron chi connectivity index (χ3n) is 5.44. The smallest absolute Gasteiger partial charge is 0.255 e. The number of ether oxygens (including phenoxy) is 1. The molecule has 2 aromatic carbocycles. The molecule has 186 valence electrons. The van der Waals surface area contributed by atoms with Crippen LogP contribution in [0.3, 0.4) is 0 Å². The first-order valence-corrected chi connectivity index (χ1v) is 12.0. The molecule has 36 heavy (non-hydrogen) atoms. The number of aryl methyl sites for hydroxylation is 2. The maximum atomic E-state index is 12.9. The van der Waals surface area contributed by atoms with Crippen molar-refractivity contribution in [1.29, 1.82) is 0 Å². The van der Waals surface area contributed by atoms with Crippen LogP contribution in [0.2, 0.25) is 10.0 Å². The van der Waals surface area contributed by atoms with E-state index in [4.69, 9.17) is 27.9 Å². The van der Waals surface area contributed by atoms with Gasteiger partial charge >= 0.3 is 0 Å². The molecule has 0 bridgehead atoms. The van der Waals surface area contributed by atoms with E-state index in [9.17, 15) is 4.79 Å².